The fraction of sp³-hybridized carbons (Fsp3) is 0.346. The number of hydrogen-bond donors (Lipinski definition) is 1. The number of pyridine rings is 1. The second-order valence-corrected chi connectivity index (χ2v) is 9.03. The normalized spacial score (nSPS) is 16.1. The zero-order valence-electron chi connectivity index (χ0n) is 19.8. The standard InChI is InChI=1S/C26H29N7O/c1-17-8-10-22(11-9-17)33-19(3)23-18(2)29-30-25(24(23)31-33)32-13-5-7-21(16-32)26(34)28-15-20-6-4-12-27-14-20/h4,6,8-12,14,21H,5,7,13,15-16H2,1-3H3,(H,28,34)/t21-/m0/s1. The summed E-state index contributed by atoms with van der Waals surface area (Å²) in [6.45, 7) is 8.03. The average molecular weight is 456 g/mol. The average Bonchev–Trinajstić information content (AvgIpc) is 3.22. The molecule has 1 N–H and O–H groups in total. The zero-order valence-corrected chi connectivity index (χ0v) is 19.8. The SMILES string of the molecule is Cc1ccc(-n2nc3c(N4CCC[C@H](C(=O)NCc5cccnc5)C4)nnc(C)c3c2C)cc1. The molecule has 0 radical (unpaired) electrons. The number of aryl methyl sites for hydroxylation is 3. The van der Waals surface area contributed by atoms with Crippen LogP contribution in [0.1, 0.15) is 35.4 Å². The molecule has 1 fully saturated rings. The molecule has 4 aromatic rings. The van der Waals surface area contributed by atoms with Gasteiger partial charge in [-0.3, -0.25) is 9.78 Å². The summed E-state index contributed by atoms with van der Waals surface area (Å²) in [5, 5.41) is 18.0. The van der Waals surface area contributed by atoms with E-state index in [9.17, 15) is 4.79 Å². The van der Waals surface area contributed by atoms with Gasteiger partial charge in [0.2, 0.25) is 5.91 Å². The van der Waals surface area contributed by atoms with Crippen LogP contribution in [0.4, 0.5) is 5.82 Å². The minimum atomic E-state index is -0.108. The highest BCUT2D eigenvalue weighted by Crippen LogP contribution is 2.31. The highest BCUT2D eigenvalue weighted by molar-refractivity contribution is 5.92. The third kappa shape index (κ3) is 4.23. The van der Waals surface area contributed by atoms with Crippen molar-refractivity contribution < 1.29 is 4.79 Å². The number of piperidine rings is 1. The number of hydrogen-bond acceptors (Lipinski definition) is 6. The Labute approximate surface area is 199 Å². The van der Waals surface area contributed by atoms with Crippen LogP contribution in [0.25, 0.3) is 16.6 Å². The molecule has 174 valence electrons. The van der Waals surface area contributed by atoms with E-state index in [0.29, 0.717) is 13.1 Å². The number of nitrogens with one attached hydrogen (secondary N) is 1. The van der Waals surface area contributed by atoms with Crippen molar-refractivity contribution in [3.05, 3.63) is 71.3 Å². The maximum Gasteiger partial charge on any atom is 0.225 e. The van der Waals surface area contributed by atoms with E-state index in [4.69, 9.17) is 5.10 Å². The Morgan fingerprint density at radius 2 is 1.94 bits per heavy atom. The first-order chi connectivity index (χ1) is 16.5. The number of carbonyl (C=O) groups excluding carboxylic acids is 1. The Morgan fingerprint density at radius 1 is 1.12 bits per heavy atom. The largest absolute Gasteiger partial charge is 0.352 e. The number of anilines is 1. The molecule has 1 aliphatic rings. The second kappa shape index (κ2) is 9.21. The van der Waals surface area contributed by atoms with E-state index in [1.54, 1.807) is 12.4 Å². The first-order valence-corrected chi connectivity index (χ1v) is 11.7. The van der Waals surface area contributed by atoms with Crippen LogP contribution in [-0.4, -0.2) is 44.0 Å². The van der Waals surface area contributed by atoms with Crippen LogP contribution >= 0.6 is 0 Å². The van der Waals surface area contributed by atoms with E-state index in [1.807, 2.05) is 23.7 Å². The maximum atomic E-state index is 12.9. The molecule has 1 atom stereocenters. The van der Waals surface area contributed by atoms with Gasteiger partial charge in [0.05, 0.1) is 28.4 Å². The van der Waals surface area contributed by atoms with Crippen molar-refractivity contribution >= 4 is 22.6 Å². The number of carbonyl (C=O) groups is 1. The molecule has 3 aromatic heterocycles. The summed E-state index contributed by atoms with van der Waals surface area (Å²) < 4.78 is 1.96. The van der Waals surface area contributed by atoms with Gasteiger partial charge < -0.3 is 10.2 Å². The van der Waals surface area contributed by atoms with Gasteiger partial charge in [-0.15, -0.1) is 5.10 Å². The molecular formula is C26H29N7O. The predicted octanol–water partition coefficient (Wildman–Crippen LogP) is 3.67. The van der Waals surface area contributed by atoms with Gasteiger partial charge in [0.1, 0.15) is 5.52 Å². The summed E-state index contributed by atoms with van der Waals surface area (Å²) in [6.07, 6.45) is 5.28. The summed E-state index contributed by atoms with van der Waals surface area (Å²) in [5.74, 6) is 0.703. The molecule has 1 aromatic carbocycles. The Hall–Kier alpha value is -3.81. The lowest BCUT2D eigenvalue weighted by Crippen LogP contribution is -2.43. The van der Waals surface area contributed by atoms with Gasteiger partial charge in [-0.25, -0.2) is 4.68 Å². The lowest BCUT2D eigenvalue weighted by molar-refractivity contribution is -0.125. The Bertz CT molecular complexity index is 1310. The van der Waals surface area contributed by atoms with Crippen molar-refractivity contribution in [1.29, 1.82) is 0 Å². The summed E-state index contributed by atoms with van der Waals surface area (Å²) in [5.41, 5.74) is 5.94. The summed E-state index contributed by atoms with van der Waals surface area (Å²) in [4.78, 5) is 19.2. The van der Waals surface area contributed by atoms with Crippen molar-refractivity contribution in [2.24, 2.45) is 5.92 Å². The highest BCUT2D eigenvalue weighted by atomic mass is 16.1. The third-order valence-corrected chi connectivity index (χ3v) is 6.54. The molecular weight excluding hydrogens is 426 g/mol. The summed E-state index contributed by atoms with van der Waals surface area (Å²) >= 11 is 0. The zero-order chi connectivity index (χ0) is 23.7. The van der Waals surface area contributed by atoms with Gasteiger partial charge in [0.15, 0.2) is 5.82 Å². The fourth-order valence-electron chi connectivity index (χ4n) is 4.68. The molecule has 8 nitrogen and oxygen atoms in total. The molecule has 0 spiro atoms. The predicted molar refractivity (Wildman–Crippen MR) is 132 cm³/mol. The van der Waals surface area contributed by atoms with Crippen LogP contribution < -0.4 is 10.2 Å². The van der Waals surface area contributed by atoms with Crippen LogP contribution in [-0.2, 0) is 11.3 Å². The maximum absolute atomic E-state index is 12.9. The number of fused-ring (bicyclic) bond motifs is 1. The van der Waals surface area contributed by atoms with Gasteiger partial charge >= 0.3 is 0 Å². The molecule has 1 amide bonds. The molecule has 0 unspecified atom stereocenters. The summed E-state index contributed by atoms with van der Waals surface area (Å²) in [6, 6.07) is 12.2. The van der Waals surface area contributed by atoms with Crippen LogP contribution in [0.2, 0.25) is 0 Å². The van der Waals surface area contributed by atoms with E-state index in [-0.39, 0.29) is 11.8 Å². The van der Waals surface area contributed by atoms with Gasteiger partial charge in [0, 0.05) is 32.0 Å². The molecule has 1 aliphatic heterocycles. The van der Waals surface area contributed by atoms with E-state index < -0.39 is 0 Å². The van der Waals surface area contributed by atoms with Crippen LogP contribution in [0.3, 0.4) is 0 Å². The number of rotatable bonds is 5. The molecule has 0 saturated carbocycles. The Kier molecular flexibility index (Phi) is 5.96. The lowest BCUT2D eigenvalue weighted by atomic mass is 9.97. The van der Waals surface area contributed by atoms with Crippen molar-refractivity contribution in [2.45, 2.75) is 40.2 Å². The van der Waals surface area contributed by atoms with Gasteiger partial charge in [0.25, 0.3) is 0 Å². The van der Waals surface area contributed by atoms with E-state index >= 15 is 0 Å². The molecule has 1 saturated heterocycles. The monoisotopic (exact) mass is 455 g/mol. The van der Waals surface area contributed by atoms with E-state index in [0.717, 1.165) is 58.7 Å². The fourth-order valence-corrected chi connectivity index (χ4v) is 4.68. The second-order valence-electron chi connectivity index (χ2n) is 9.03. The van der Waals surface area contributed by atoms with Crippen LogP contribution in [0, 0.1) is 26.7 Å². The van der Waals surface area contributed by atoms with E-state index in [2.05, 4.69) is 63.5 Å². The van der Waals surface area contributed by atoms with Crippen molar-refractivity contribution in [1.82, 2.24) is 30.3 Å². The lowest BCUT2D eigenvalue weighted by Gasteiger charge is -2.32. The van der Waals surface area contributed by atoms with E-state index in [1.165, 1.54) is 5.56 Å². The van der Waals surface area contributed by atoms with Crippen molar-refractivity contribution in [3.63, 3.8) is 0 Å². The van der Waals surface area contributed by atoms with Crippen molar-refractivity contribution in [3.8, 4) is 5.69 Å². The number of aromatic nitrogens is 5. The van der Waals surface area contributed by atoms with Gasteiger partial charge in [-0.05, 0) is 57.4 Å². The smallest absolute Gasteiger partial charge is 0.225 e. The first-order valence-electron chi connectivity index (χ1n) is 11.7. The molecule has 5 rings (SSSR count). The highest BCUT2D eigenvalue weighted by Gasteiger charge is 2.29. The van der Waals surface area contributed by atoms with Crippen molar-refractivity contribution in [2.75, 3.05) is 18.0 Å². The molecule has 8 heteroatoms. The topological polar surface area (TPSA) is 88.8 Å². The Morgan fingerprint density at radius 3 is 2.71 bits per heavy atom. The van der Waals surface area contributed by atoms with Gasteiger partial charge in [-0.1, -0.05) is 23.8 Å². The molecule has 0 aliphatic carbocycles. The summed E-state index contributed by atoms with van der Waals surface area (Å²) in [7, 11) is 0. The minimum absolute atomic E-state index is 0.0613. The number of benzene rings is 1. The molecule has 34 heavy (non-hydrogen) atoms. The third-order valence-electron chi connectivity index (χ3n) is 6.54. The first kappa shape index (κ1) is 22.0. The molecule has 0 bridgehead atoms. The number of nitrogens with zero attached hydrogens (tertiary/aromatic N) is 6. The van der Waals surface area contributed by atoms with Crippen LogP contribution in [0.15, 0.2) is 48.8 Å². The molecule has 4 heterocycles. The Balaban J connectivity index is 1.41. The van der Waals surface area contributed by atoms with Crippen LogP contribution in [0.5, 0.6) is 0 Å². The van der Waals surface area contributed by atoms with Gasteiger partial charge in [-0.2, -0.15) is 10.2 Å². The number of amides is 1. The quantitative estimate of drug-likeness (QED) is 0.494. The minimum Gasteiger partial charge on any atom is -0.352 e.